The number of ether oxygens (including phenoxy) is 1. The third-order valence-corrected chi connectivity index (χ3v) is 9.24. The van der Waals surface area contributed by atoms with E-state index in [0.29, 0.717) is 18.1 Å². The van der Waals surface area contributed by atoms with Gasteiger partial charge >= 0.3 is 0 Å². The van der Waals surface area contributed by atoms with Crippen LogP contribution in [0.4, 0.5) is 0 Å². The van der Waals surface area contributed by atoms with Crippen molar-refractivity contribution in [2.75, 3.05) is 47.4 Å². The summed E-state index contributed by atoms with van der Waals surface area (Å²) in [7, 11) is 8.30. The van der Waals surface area contributed by atoms with Crippen molar-refractivity contribution < 1.29 is 4.74 Å². The monoisotopic (exact) mass is 547 g/mol. The van der Waals surface area contributed by atoms with Gasteiger partial charge in [0.25, 0.3) is 0 Å². The number of piperidine rings is 1. The second-order valence-corrected chi connectivity index (χ2v) is 12.4. The van der Waals surface area contributed by atoms with Crippen molar-refractivity contribution in [3.05, 3.63) is 53.5 Å². The maximum atomic E-state index is 5.54. The van der Waals surface area contributed by atoms with Crippen LogP contribution in [0.15, 0.2) is 36.5 Å². The highest BCUT2D eigenvalue weighted by Gasteiger charge is 2.38. The van der Waals surface area contributed by atoms with Gasteiger partial charge in [-0.25, -0.2) is 9.97 Å². The number of benzene rings is 1. The van der Waals surface area contributed by atoms with Crippen LogP contribution in [0.3, 0.4) is 0 Å². The molecule has 4 heterocycles. The van der Waals surface area contributed by atoms with E-state index in [0.717, 1.165) is 81.1 Å². The average molecular weight is 548 g/mol. The Morgan fingerprint density at radius 2 is 1.85 bits per heavy atom. The summed E-state index contributed by atoms with van der Waals surface area (Å²) in [6.45, 7) is 11.9. The molecule has 8 heteroatoms. The van der Waals surface area contributed by atoms with Gasteiger partial charge < -0.3 is 14.6 Å². The lowest BCUT2D eigenvalue weighted by Gasteiger charge is -2.46. The molecule has 5 rings (SSSR count). The summed E-state index contributed by atoms with van der Waals surface area (Å²) in [6, 6.07) is 12.2. The quantitative estimate of drug-likeness (QED) is 0.422. The first-order chi connectivity index (χ1) is 19.2. The van der Waals surface area contributed by atoms with Crippen molar-refractivity contribution >= 4 is 11.2 Å². The number of piperazine rings is 1. The van der Waals surface area contributed by atoms with E-state index in [9.17, 15) is 0 Å². The third-order valence-electron chi connectivity index (χ3n) is 9.24. The van der Waals surface area contributed by atoms with Gasteiger partial charge in [-0.05, 0) is 76.5 Å². The molecule has 218 valence electrons. The van der Waals surface area contributed by atoms with E-state index in [2.05, 4.69) is 97.0 Å². The topological polar surface area (TPSA) is 61.7 Å². The maximum absolute atomic E-state index is 5.54. The fourth-order valence-electron chi connectivity index (χ4n) is 7.14. The molecule has 8 nitrogen and oxygen atoms in total. The standard InChI is InChI=1S/C32H49N7O/c1-8-10-29(39-20-23(2)34-24(3)21-39)31-35-28-17-25(19-33-30(28)37(31)6)22-38-15-13-32(14-16-38,36(4)5)26-11-9-12-27(18-26)40-7/h9,11-12,17-19,23-24,29,34H,8,10,13-16,20-22H2,1-7H3/t23-,24+,29-/m0/s1. The summed E-state index contributed by atoms with van der Waals surface area (Å²) >= 11 is 0. The van der Waals surface area contributed by atoms with E-state index in [-0.39, 0.29) is 5.54 Å². The van der Waals surface area contributed by atoms with E-state index in [4.69, 9.17) is 14.7 Å². The smallest absolute Gasteiger partial charge is 0.159 e. The van der Waals surface area contributed by atoms with Crippen molar-refractivity contribution in [3.8, 4) is 5.75 Å². The molecule has 0 unspecified atom stereocenters. The van der Waals surface area contributed by atoms with Crippen LogP contribution < -0.4 is 10.1 Å². The number of fused-ring (bicyclic) bond motifs is 1. The molecule has 2 saturated heterocycles. The summed E-state index contributed by atoms with van der Waals surface area (Å²) in [5.41, 5.74) is 4.61. The van der Waals surface area contributed by atoms with Crippen LogP contribution in [0.2, 0.25) is 0 Å². The van der Waals surface area contributed by atoms with Crippen LogP contribution >= 0.6 is 0 Å². The molecule has 2 aliphatic rings. The molecule has 2 aliphatic heterocycles. The van der Waals surface area contributed by atoms with Crippen LogP contribution in [-0.2, 0) is 19.1 Å². The molecule has 0 aliphatic carbocycles. The molecule has 1 aromatic carbocycles. The number of aromatic nitrogens is 3. The molecule has 40 heavy (non-hydrogen) atoms. The molecule has 0 amide bonds. The second kappa shape index (κ2) is 12.1. The molecule has 0 spiro atoms. The highest BCUT2D eigenvalue weighted by atomic mass is 16.5. The van der Waals surface area contributed by atoms with E-state index in [1.54, 1.807) is 7.11 Å². The van der Waals surface area contributed by atoms with Crippen molar-refractivity contribution in [1.82, 2.24) is 34.6 Å². The lowest BCUT2D eigenvalue weighted by atomic mass is 9.79. The van der Waals surface area contributed by atoms with E-state index >= 15 is 0 Å². The van der Waals surface area contributed by atoms with Crippen molar-refractivity contribution in [1.29, 1.82) is 0 Å². The van der Waals surface area contributed by atoms with Gasteiger partial charge in [-0.2, -0.15) is 0 Å². The van der Waals surface area contributed by atoms with Crippen molar-refractivity contribution in [2.45, 2.75) is 76.7 Å². The number of methoxy groups -OCH3 is 1. The number of hydrogen-bond acceptors (Lipinski definition) is 7. The summed E-state index contributed by atoms with van der Waals surface area (Å²) in [5.74, 6) is 2.08. The van der Waals surface area contributed by atoms with E-state index in [1.807, 2.05) is 6.07 Å². The van der Waals surface area contributed by atoms with E-state index < -0.39 is 0 Å². The minimum absolute atomic E-state index is 0.0242. The van der Waals surface area contributed by atoms with Crippen LogP contribution in [0.5, 0.6) is 5.75 Å². The van der Waals surface area contributed by atoms with Crippen LogP contribution in [0.25, 0.3) is 11.2 Å². The molecule has 0 saturated carbocycles. The Bertz CT molecular complexity index is 1270. The Balaban J connectivity index is 1.32. The molecule has 0 bridgehead atoms. The predicted octanol–water partition coefficient (Wildman–Crippen LogP) is 4.55. The first kappa shape index (κ1) is 29.0. The zero-order chi connectivity index (χ0) is 28.4. The summed E-state index contributed by atoms with van der Waals surface area (Å²) in [5, 5.41) is 3.68. The Morgan fingerprint density at radius 3 is 2.50 bits per heavy atom. The lowest BCUT2D eigenvalue weighted by molar-refractivity contribution is 0.0505. The number of likely N-dealkylation sites (tertiary alicyclic amines) is 1. The number of rotatable bonds is 9. The number of nitrogens with zero attached hydrogens (tertiary/aromatic N) is 6. The fourth-order valence-corrected chi connectivity index (χ4v) is 7.14. The zero-order valence-corrected chi connectivity index (χ0v) is 25.7. The van der Waals surface area contributed by atoms with Crippen molar-refractivity contribution in [2.24, 2.45) is 7.05 Å². The normalized spacial score (nSPS) is 23.1. The first-order valence-electron chi connectivity index (χ1n) is 15.1. The number of imidazole rings is 1. The summed E-state index contributed by atoms with van der Waals surface area (Å²) in [6.07, 6.45) is 6.47. The largest absolute Gasteiger partial charge is 0.497 e. The summed E-state index contributed by atoms with van der Waals surface area (Å²) < 4.78 is 7.77. The minimum Gasteiger partial charge on any atom is -0.497 e. The molecular weight excluding hydrogens is 498 g/mol. The van der Waals surface area contributed by atoms with Gasteiger partial charge in [0, 0.05) is 63.6 Å². The van der Waals surface area contributed by atoms with E-state index in [1.165, 1.54) is 11.1 Å². The van der Waals surface area contributed by atoms with Gasteiger partial charge in [-0.1, -0.05) is 25.5 Å². The van der Waals surface area contributed by atoms with Gasteiger partial charge in [-0.15, -0.1) is 0 Å². The predicted molar refractivity (Wildman–Crippen MR) is 163 cm³/mol. The minimum atomic E-state index is 0.0242. The molecule has 0 radical (unpaired) electrons. The second-order valence-electron chi connectivity index (χ2n) is 12.4. The average Bonchev–Trinajstić information content (AvgIpc) is 3.26. The number of nitrogens with one attached hydrogen (secondary N) is 1. The lowest BCUT2D eigenvalue weighted by Crippen LogP contribution is -2.55. The molecule has 3 atom stereocenters. The Kier molecular flexibility index (Phi) is 8.80. The highest BCUT2D eigenvalue weighted by molar-refractivity contribution is 5.72. The molecular formula is C32H49N7O. The van der Waals surface area contributed by atoms with Crippen LogP contribution in [0.1, 0.15) is 69.4 Å². The number of aryl methyl sites for hydroxylation is 1. The molecule has 3 aromatic rings. The zero-order valence-electron chi connectivity index (χ0n) is 25.7. The molecule has 2 aromatic heterocycles. The Labute approximate surface area is 240 Å². The maximum Gasteiger partial charge on any atom is 0.159 e. The van der Waals surface area contributed by atoms with Crippen LogP contribution in [0, 0.1) is 0 Å². The molecule has 1 N–H and O–H groups in total. The van der Waals surface area contributed by atoms with Gasteiger partial charge in [0.1, 0.15) is 17.1 Å². The summed E-state index contributed by atoms with van der Waals surface area (Å²) in [4.78, 5) is 17.7. The van der Waals surface area contributed by atoms with Gasteiger partial charge in [0.2, 0.25) is 0 Å². The van der Waals surface area contributed by atoms with Crippen LogP contribution in [-0.4, -0.2) is 88.7 Å². The third kappa shape index (κ3) is 5.77. The van der Waals surface area contributed by atoms with Crippen molar-refractivity contribution in [3.63, 3.8) is 0 Å². The van der Waals surface area contributed by atoms with Gasteiger partial charge in [-0.3, -0.25) is 14.7 Å². The van der Waals surface area contributed by atoms with Gasteiger partial charge in [0.15, 0.2) is 5.65 Å². The number of hydrogen-bond donors (Lipinski definition) is 1. The van der Waals surface area contributed by atoms with Gasteiger partial charge in [0.05, 0.1) is 13.2 Å². The Hall–Kier alpha value is -2.52. The highest BCUT2D eigenvalue weighted by Crippen LogP contribution is 2.39. The first-order valence-corrected chi connectivity index (χ1v) is 15.1. The SMILES string of the molecule is CCC[C@@H](c1nc2cc(CN3CCC(c4cccc(OC)c4)(N(C)C)CC3)cnc2n1C)N1C[C@@H](C)N[C@@H](C)C1. The molecule has 2 fully saturated rings. The number of pyridine rings is 1. The fraction of sp³-hybridized carbons (Fsp3) is 0.625. The Morgan fingerprint density at radius 1 is 1.12 bits per heavy atom.